The van der Waals surface area contributed by atoms with Crippen molar-refractivity contribution >= 4 is 29.5 Å². The van der Waals surface area contributed by atoms with E-state index in [-0.39, 0.29) is 49.1 Å². The molecular weight excluding hydrogens is 436 g/mol. The molecule has 7 nitrogen and oxygen atoms in total. The van der Waals surface area contributed by atoms with Crippen molar-refractivity contribution in [3.8, 4) is 0 Å². The summed E-state index contributed by atoms with van der Waals surface area (Å²) in [5, 5.41) is 11.5. The minimum atomic E-state index is -1.57. The summed E-state index contributed by atoms with van der Waals surface area (Å²) in [6, 6.07) is -0.354. The van der Waals surface area contributed by atoms with Gasteiger partial charge in [-0.1, -0.05) is 37.1 Å². The van der Waals surface area contributed by atoms with Gasteiger partial charge in [-0.05, 0) is 63.0 Å². The first-order valence-corrected chi connectivity index (χ1v) is 11.9. The number of hydrogen-bond acceptors (Lipinski definition) is 7. The standard InChI is InChI=1S/C24H31ClO7/c1-4-30-21(29)32-24(20(28)31-13-25)10-8-17-16-6-5-14-11-15(26)7-9-22(14,2)19(16)18(27)12-23(17,24)3/h7,9,11,16-19,27H,4-6,8,10,12-13H2,1-3H3/t16-,17-,18-,19+,22+,23+,24-/m1/s1. The molecule has 4 rings (SSSR count). The van der Waals surface area contributed by atoms with E-state index >= 15 is 0 Å². The Morgan fingerprint density at radius 3 is 2.69 bits per heavy atom. The van der Waals surface area contributed by atoms with Crippen LogP contribution in [0.5, 0.6) is 0 Å². The number of esters is 1. The van der Waals surface area contributed by atoms with Crippen LogP contribution in [0, 0.1) is 28.6 Å². The van der Waals surface area contributed by atoms with Gasteiger partial charge < -0.3 is 19.3 Å². The van der Waals surface area contributed by atoms with Crippen molar-refractivity contribution in [2.75, 3.05) is 12.7 Å². The summed E-state index contributed by atoms with van der Waals surface area (Å²) >= 11 is 5.70. The number of hydrogen-bond donors (Lipinski definition) is 1. The minimum absolute atomic E-state index is 0.0161. The highest BCUT2D eigenvalue weighted by molar-refractivity contribution is 6.17. The van der Waals surface area contributed by atoms with Crippen LogP contribution >= 0.6 is 11.6 Å². The van der Waals surface area contributed by atoms with Crippen LogP contribution < -0.4 is 0 Å². The Labute approximate surface area is 193 Å². The first-order chi connectivity index (χ1) is 15.1. The Hall–Kier alpha value is -1.86. The van der Waals surface area contributed by atoms with Crippen molar-refractivity contribution < 1.29 is 33.7 Å². The molecule has 176 valence electrons. The molecule has 3 saturated carbocycles. The van der Waals surface area contributed by atoms with Crippen LogP contribution in [0.2, 0.25) is 0 Å². The molecule has 32 heavy (non-hydrogen) atoms. The summed E-state index contributed by atoms with van der Waals surface area (Å²) in [6.45, 7) is 5.77. The second-order valence-electron chi connectivity index (χ2n) is 9.90. The molecule has 4 aliphatic rings. The van der Waals surface area contributed by atoms with Gasteiger partial charge in [-0.15, -0.1) is 0 Å². The Bertz CT molecular complexity index is 882. The molecule has 0 spiro atoms. The number of rotatable bonds is 4. The summed E-state index contributed by atoms with van der Waals surface area (Å²) in [6.07, 6.45) is 6.31. The quantitative estimate of drug-likeness (QED) is 0.495. The first kappa shape index (κ1) is 23.3. The van der Waals surface area contributed by atoms with E-state index in [1.165, 1.54) is 0 Å². The van der Waals surface area contributed by atoms with Crippen molar-refractivity contribution in [1.82, 2.24) is 0 Å². The summed E-state index contributed by atoms with van der Waals surface area (Å²) in [5.74, 6) is -0.676. The van der Waals surface area contributed by atoms with E-state index in [0.29, 0.717) is 6.42 Å². The summed E-state index contributed by atoms with van der Waals surface area (Å²) in [7, 11) is 0. The minimum Gasteiger partial charge on any atom is -0.446 e. The number of fused-ring (bicyclic) bond motifs is 5. The molecule has 3 fully saturated rings. The lowest BCUT2D eigenvalue weighted by molar-refractivity contribution is -0.199. The maximum Gasteiger partial charge on any atom is 0.509 e. The summed E-state index contributed by atoms with van der Waals surface area (Å²) in [4.78, 5) is 37.5. The van der Waals surface area contributed by atoms with Crippen molar-refractivity contribution in [1.29, 1.82) is 0 Å². The predicted octanol–water partition coefficient (Wildman–Crippen LogP) is 3.92. The number of aliphatic hydroxyl groups is 1. The second-order valence-corrected chi connectivity index (χ2v) is 10.1. The fourth-order valence-corrected chi connectivity index (χ4v) is 7.41. The molecule has 4 aliphatic carbocycles. The zero-order valence-corrected chi connectivity index (χ0v) is 19.5. The monoisotopic (exact) mass is 466 g/mol. The number of ketones is 1. The SMILES string of the molecule is CCOC(=O)O[C@@]1(C(=O)OCCl)CC[C@@H]2[C@H]3CCC4=CC(=O)C=C[C@]4(C)[C@@H]3[C@H](O)C[C@@]21C. The predicted molar refractivity (Wildman–Crippen MR) is 116 cm³/mol. The van der Waals surface area contributed by atoms with E-state index in [4.69, 9.17) is 25.8 Å². The molecule has 0 saturated heterocycles. The molecule has 0 unspecified atom stereocenters. The van der Waals surface area contributed by atoms with E-state index in [0.717, 1.165) is 18.4 Å². The van der Waals surface area contributed by atoms with Crippen LogP contribution in [0.25, 0.3) is 0 Å². The molecule has 0 radical (unpaired) electrons. The van der Waals surface area contributed by atoms with Crippen LogP contribution in [0.1, 0.15) is 52.9 Å². The lowest BCUT2D eigenvalue weighted by Gasteiger charge is -2.59. The van der Waals surface area contributed by atoms with E-state index < -0.39 is 34.7 Å². The molecule has 0 aromatic rings. The fourth-order valence-electron chi connectivity index (χ4n) is 7.31. The number of carbonyl (C=O) groups is 3. The first-order valence-electron chi connectivity index (χ1n) is 11.3. The van der Waals surface area contributed by atoms with E-state index in [1.807, 2.05) is 13.0 Å². The Morgan fingerprint density at radius 1 is 1.25 bits per heavy atom. The number of halogens is 1. The van der Waals surface area contributed by atoms with Crippen LogP contribution in [0.15, 0.2) is 23.8 Å². The van der Waals surface area contributed by atoms with Crippen molar-refractivity contribution in [3.63, 3.8) is 0 Å². The Kier molecular flexibility index (Phi) is 5.95. The zero-order valence-electron chi connectivity index (χ0n) is 18.8. The molecule has 0 bridgehead atoms. The van der Waals surface area contributed by atoms with Gasteiger partial charge >= 0.3 is 12.1 Å². The van der Waals surface area contributed by atoms with E-state index in [2.05, 4.69) is 6.92 Å². The number of carbonyl (C=O) groups excluding carboxylic acids is 3. The number of aliphatic hydroxyl groups excluding tert-OH is 1. The highest BCUT2D eigenvalue weighted by Gasteiger charge is 2.71. The average Bonchev–Trinajstić information content (AvgIpc) is 3.01. The largest absolute Gasteiger partial charge is 0.509 e. The molecule has 1 N–H and O–H groups in total. The highest BCUT2D eigenvalue weighted by atomic mass is 35.5. The normalized spacial score (nSPS) is 42.3. The lowest BCUT2D eigenvalue weighted by atomic mass is 9.46. The fraction of sp³-hybridized carbons (Fsp3) is 0.708. The van der Waals surface area contributed by atoms with Crippen molar-refractivity contribution in [2.24, 2.45) is 28.6 Å². The molecule has 0 aromatic carbocycles. The number of allylic oxidation sites excluding steroid dienone is 4. The number of alkyl halides is 1. The van der Waals surface area contributed by atoms with Gasteiger partial charge in [-0.2, -0.15) is 0 Å². The summed E-state index contributed by atoms with van der Waals surface area (Å²) in [5.41, 5.74) is -1.76. The van der Waals surface area contributed by atoms with E-state index in [9.17, 15) is 19.5 Å². The number of ether oxygens (including phenoxy) is 3. The van der Waals surface area contributed by atoms with Gasteiger partial charge in [-0.25, -0.2) is 9.59 Å². The second kappa shape index (κ2) is 8.17. The van der Waals surface area contributed by atoms with Gasteiger partial charge in [0.15, 0.2) is 11.8 Å². The average molecular weight is 467 g/mol. The van der Waals surface area contributed by atoms with Gasteiger partial charge in [-0.3, -0.25) is 4.79 Å². The molecule has 0 aliphatic heterocycles. The third-order valence-electron chi connectivity index (χ3n) is 8.65. The molecule has 0 amide bonds. The van der Waals surface area contributed by atoms with Gasteiger partial charge in [0.05, 0.1) is 12.7 Å². The van der Waals surface area contributed by atoms with Crippen molar-refractivity contribution in [3.05, 3.63) is 23.8 Å². The molecular formula is C24H31ClO7. The molecule has 0 heterocycles. The lowest BCUT2D eigenvalue weighted by Crippen LogP contribution is -2.62. The van der Waals surface area contributed by atoms with Gasteiger partial charge in [0.1, 0.15) is 0 Å². The smallest absolute Gasteiger partial charge is 0.446 e. The zero-order chi connectivity index (χ0) is 23.3. The topological polar surface area (TPSA) is 99.1 Å². The van der Waals surface area contributed by atoms with Gasteiger partial charge in [0, 0.05) is 16.7 Å². The van der Waals surface area contributed by atoms with Crippen LogP contribution in [0.4, 0.5) is 4.79 Å². The highest BCUT2D eigenvalue weighted by Crippen LogP contribution is 2.68. The van der Waals surface area contributed by atoms with Gasteiger partial charge in [0.2, 0.25) is 5.60 Å². The molecule has 7 atom stereocenters. The summed E-state index contributed by atoms with van der Waals surface area (Å²) < 4.78 is 15.9. The van der Waals surface area contributed by atoms with Gasteiger partial charge in [0.25, 0.3) is 0 Å². The third-order valence-corrected chi connectivity index (χ3v) is 8.76. The third kappa shape index (κ3) is 3.23. The van der Waals surface area contributed by atoms with E-state index in [1.54, 1.807) is 19.1 Å². The van der Waals surface area contributed by atoms with Crippen molar-refractivity contribution in [2.45, 2.75) is 64.6 Å². The van der Waals surface area contributed by atoms with Crippen LogP contribution in [0.3, 0.4) is 0 Å². The molecule has 8 heteroatoms. The Morgan fingerprint density at radius 2 is 2.00 bits per heavy atom. The maximum atomic E-state index is 13.2. The maximum absolute atomic E-state index is 13.2. The molecule has 0 aromatic heterocycles. The Balaban J connectivity index is 1.73. The van der Waals surface area contributed by atoms with Crippen LogP contribution in [-0.4, -0.2) is 47.4 Å². The van der Waals surface area contributed by atoms with Crippen LogP contribution in [-0.2, 0) is 23.8 Å².